The number of guanidine groups is 1. The molecule has 1 saturated heterocycles. The van der Waals surface area contributed by atoms with Crippen molar-refractivity contribution in [3.8, 4) is 5.75 Å². The van der Waals surface area contributed by atoms with E-state index in [0.717, 1.165) is 70.4 Å². The van der Waals surface area contributed by atoms with Crippen LogP contribution in [-0.2, 0) is 12.8 Å². The number of ether oxygens (including phenoxy) is 1. The normalized spacial score (nSPS) is 16.4. The van der Waals surface area contributed by atoms with Crippen LogP contribution in [0.4, 0.5) is 5.00 Å². The molecule has 0 spiro atoms. The highest BCUT2D eigenvalue weighted by Gasteiger charge is 2.20. The van der Waals surface area contributed by atoms with Gasteiger partial charge in [0.25, 0.3) is 0 Å². The number of thiophene rings is 1. The van der Waals surface area contributed by atoms with Gasteiger partial charge in [-0.25, -0.2) is 0 Å². The molecule has 3 heterocycles. The second kappa shape index (κ2) is 10.3. The number of anilines is 1. The molecule has 1 aromatic carbocycles. The lowest BCUT2D eigenvalue weighted by Gasteiger charge is -2.37. The van der Waals surface area contributed by atoms with Crippen LogP contribution in [0.25, 0.3) is 0 Å². The number of halogens is 1. The van der Waals surface area contributed by atoms with Crippen molar-refractivity contribution in [1.82, 2.24) is 10.2 Å². The summed E-state index contributed by atoms with van der Waals surface area (Å²) in [4.78, 5) is 9.76. The minimum absolute atomic E-state index is 0. The van der Waals surface area contributed by atoms with Crippen molar-refractivity contribution in [3.05, 3.63) is 46.8 Å². The van der Waals surface area contributed by atoms with Gasteiger partial charge in [0.1, 0.15) is 5.75 Å². The zero-order valence-corrected chi connectivity index (χ0v) is 19.5. The predicted molar refractivity (Wildman–Crippen MR) is 129 cm³/mol. The average molecular weight is 512 g/mol. The van der Waals surface area contributed by atoms with Crippen molar-refractivity contribution in [1.29, 1.82) is 0 Å². The fourth-order valence-electron chi connectivity index (χ4n) is 3.70. The van der Waals surface area contributed by atoms with Gasteiger partial charge in [0.2, 0.25) is 0 Å². The van der Waals surface area contributed by atoms with E-state index in [1.165, 1.54) is 16.1 Å². The number of fused-ring (bicyclic) bond motifs is 1. The molecular formula is C21H29IN4OS. The van der Waals surface area contributed by atoms with E-state index >= 15 is 0 Å². The first-order valence-electron chi connectivity index (χ1n) is 9.90. The molecule has 0 bridgehead atoms. The molecule has 5 nitrogen and oxygen atoms in total. The summed E-state index contributed by atoms with van der Waals surface area (Å²) in [7, 11) is 0. The van der Waals surface area contributed by atoms with Gasteiger partial charge in [-0.3, -0.25) is 4.99 Å². The summed E-state index contributed by atoms with van der Waals surface area (Å²) in [6.07, 6.45) is 2.00. The third kappa shape index (κ3) is 5.11. The SMILES string of the molecule is CCNC(=NCCc1ccc2c(c1)CCO2)N1CCN(c2cccs2)CC1.I. The molecule has 2 aliphatic rings. The van der Waals surface area contributed by atoms with Gasteiger partial charge in [0.15, 0.2) is 5.96 Å². The molecule has 0 atom stereocenters. The van der Waals surface area contributed by atoms with Crippen molar-refractivity contribution >= 4 is 46.3 Å². The summed E-state index contributed by atoms with van der Waals surface area (Å²) in [5.41, 5.74) is 2.69. The Morgan fingerprint density at radius 1 is 1.21 bits per heavy atom. The molecule has 1 N–H and O–H groups in total. The largest absolute Gasteiger partial charge is 0.493 e. The van der Waals surface area contributed by atoms with Crippen LogP contribution in [0.3, 0.4) is 0 Å². The zero-order chi connectivity index (χ0) is 18.5. The molecule has 1 fully saturated rings. The maximum atomic E-state index is 5.60. The molecule has 7 heteroatoms. The average Bonchev–Trinajstić information content (AvgIpc) is 3.39. The highest BCUT2D eigenvalue weighted by Crippen LogP contribution is 2.26. The number of nitrogens with one attached hydrogen (secondary N) is 1. The van der Waals surface area contributed by atoms with Crippen LogP contribution in [0.5, 0.6) is 5.75 Å². The second-order valence-corrected chi connectivity index (χ2v) is 7.88. The Kier molecular flexibility index (Phi) is 7.84. The highest BCUT2D eigenvalue weighted by atomic mass is 127. The lowest BCUT2D eigenvalue weighted by molar-refractivity contribution is 0.357. The van der Waals surface area contributed by atoms with Crippen LogP contribution >= 0.6 is 35.3 Å². The van der Waals surface area contributed by atoms with Crippen LogP contribution in [0.2, 0.25) is 0 Å². The molecular weight excluding hydrogens is 483 g/mol. The van der Waals surface area contributed by atoms with Gasteiger partial charge in [0.05, 0.1) is 11.6 Å². The quantitative estimate of drug-likeness (QED) is 0.378. The van der Waals surface area contributed by atoms with Crippen LogP contribution in [0.15, 0.2) is 40.7 Å². The van der Waals surface area contributed by atoms with E-state index in [1.807, 2.05) is 11.3 Å². The minimum atomic E-state index is 0. The molecule has 4 rings (SSSR count). The molecule has 152 valence electrons. The fraction of sp³-hybridized carbons (Fsp3) is 0.476. The van der Waals surface area contributed by atoms with E-state index in [2.05, 4.69) is 57.8 Å². The molecule has 0 saturated carbocycles. The standard InChI is InChI=1S/C21H28N4OS.HI/c1-2-22-21(25-12-10-24(11-13-25)20-4-3-15-27-20)23-9-7-17-5-6-19-18(16-17)8-14-26-19;/h3-6,15-16H,2,7-14H2,1H3,(H,22,23);1H. The summed E-state index contributed by atoms with van der Waals surface area (Å²) in [5, 5.41) is 6.99. The van der Waals surface area contributed by atoms with E-state index in [-0.39, 0.29) is 24.0 Å². The Balaban J connectivity index is 0.00000225. The van der Waals surface area contributed by atoms with Crippen molar-refractivity contribution in [2.45, 2.75) is 19.8 Å². The minimum Gasteiger partial charge on any atom is -0.493 e. The molecule has 0 radical (unpaired) electrons. The molecule has 2 aromatic rings. The first-order valence-corrected chi connectivity index (χ1v) is 10.8. The van der Waals surface area contributed by atoms with E-state index in [1.54, 1.807) is 0 Å². The van der Waals surface area contributed by atoms with Crippen LogP contribution in [0.1, 0.15) is 18.1 Å². The van der Waals surface area contributed by atoms with Gasteiger partial charge in [-0.2, -0.15) is 0 Å². The number of nitrogens with zero attached hydrogens (tertiary/aromatic N) is 3. The monoisotopic (exact) mass is 512 g/mol. The van der Waals surface area contributed by atoms with E-state index in [0.29, 0.717) is 0 Å². The Labute approximate surface area is 188 Å². The van der Waals surface area contributed by atoms with E-state index < -0.39 is 0 Å². The summed E-state index contributed by atoms with van der Waals surface area (Å²) in [6, 6.07) is 10.9. The molecule has 0 amide bonds. The molecule has 0 aliphatic carbocycles. The first-order chi connectivity index (χ1) is 13.3. The summed E-state index contributed by atoms with van der Waals surface area (Å²) < 4.78 is 5.60. The van der Waals surface area contributed by atoms with E-state index in [4.69, 9.17) is 9.73 Å². The fourth-order valence-corrected chi connectivity index (χ4v) is 4.49. The Morgan fingerprint density at radius 3 is 2.82 bits per heavy atom. The maximum absolute atomic E-state index is 5.60. The Bertz CT molecular complexity index is 773. The maximum Gasteiger partial charge on any atom is 0.194 e. The van der Waals surface area contributed by atoms with Crippen molar-refractivity contribution < 1.29 is 4.74 Å². The molecule has 28 heavy (non-hydrogen) atoms. The highest BCUT2D eigenvalue weighted by molar-refractivity contribution is 14.0. The topological polar surface area (TPSA) is 40.1 Å². The zero-order valence-electron chi connectivity index (χ0n) is 16.4. The molecule has 2 aliphatic heterocycles. The third-order valence-corrected chi connectivity index (χ3v) is 6.08. The van der Waals surface area contributed by atoms with Crippen LogP contribution < -0.4 is 15.0 Å². The van der Waals surface area contributed by atoms with Gasteiger partial charge in [-0.05, 0) is 48.1 Å². The number of benzene rings is 1. The van der Waals surface area contributed by atoms with Gasteiger partial charge >= 0.3 is 0 Å². The number of piperazine rings is 1. The predicted octanol–water partition coefficient (Wildman–Crippen LogP) is 3.63. The lowest BCUT2D eigenvalue weighted by Crippen LogP contribution is -2.52. The lowest BCUT2D eigenvalue weighted by atomic mass is 10.1. The summed E-state index contributed by atoms with van der Waals surface area (Å²) in [5.74, 6) is 2.10. The van der Waals surface area contributed by atoms with Crippen LogP contribution in [-0.4, -0.2) is 56.7 Å². The smallest absolute Gasteiger partial charge is 0.194 e. The van der Waals surface area contributed by atoms with Gasteiger partial charge in [-0.1, -0.05) is 12.1 Å². The number of aliphatic imine (C=N–C) groups is 1. The second-order valence-electron chi connectivity index (χ2n) is 6.95. The van der Waals surface area contributed by atoms with Gasteiger partial charge < -0.3 is 19.9 Å². The summed E-state index contributed by atoms with van der Waals surface area (Å²) in [6.45, 7) is 8.80. The van der Waals surface area contributed by atoms with Crippen LogP contribution in [0, 0.1) is 0 Å². The van der Waals surface area contributed by atoms with Gasteiger partial charge in [0, 0.05) is 45.7 Å². The summed E-state index contributed by atoms with van der Waals surface area (Å²) >= 11 is 1.82. The van der Waals surface area contributed by atoms with Crippen molar-refractivity contribution in [2.24, 2.45) is 4.99 Å². The molecule has 0 unspecified atom stereocenters. The van der Waals surface area contributed by atoms with Crippen molar-refractivity contribution in [2.75, 3.05) is 50.8 Å². The Morgan fingerprint density at radius 2 is 2.07 bits per heavy atom. The van der Waals surface area contributed by atoms with Crippen molar-refractivity contribution in [3.63, 3.8) is 0 Å². The number of hydrogen-bond acceptors (Lipinski definition) is 4. The Hall–Kier alpha value is -1.48. The number of rotatable bonds is 5. The van der Waals surface area contributed by atoms with E-state index in [9.17, 15) is 0 Å². The molecule has 1 aromatic heterocycles. The van der Waals surface area contributed by atoms with Gasteiger partial charge in [-0.15, -0.1) is 35.3 Å². The first kappa shape index (κ1) is 21.2. The number of hydrogen-bond donors (Lipinski definition) is 1. The third-order valence-electron chi connectivity index (χ3n) is 5.15.